The van der Waals surface area contributed by atoms with E-state index in [1.165, 1.54) is 41.9 Å². The van der Waals surface area contributed by atoms with Crippen LogP contribution in [0.15, 0.2) is 57.8 Å². The van der Waals surface area contributed by atoms with E-state index in [4.69, 9.17) is 4.52 Å². The fraction of sp³-hybridized carbons (Fsp3) is 0.174. The second-order valence-corrected chi connectivity index (χ2v) is 7.57. The first-order valence-electron chi connectivity index (χ1n) is 9.99. The zero-order valence-corrected chi connectivity index (χ0v) is 18.2. The largest absolute Gasteiger partial charge is 0.416 e. The number of carbonyl (C=O) groups excluding carboxylic acids is 1. The van der Waals surface area contributed by atoms with E-state index < -0.39 is 29.0 Å². The molecule has 0 aliphatic heterocycles. The molecule has 4 rings (SSSR count). The Kier molecular flexibility index (Phi) is 5.64. The van der Waals surface area contributed by atoms with Crippen LogP contribution in [-0.4, -0.2) is 20.4 Å². The second kappa shape index (κ2) is 8.32. The van der Waals surface area contributed by atoms with E-state index in [0.717, 1.165) is 16.8 Å². The molecule has 34 heavy (non-hydrogen) atoms. The molecular weight excluding hydrogens is 456 g/mol. The molecule has 1 N–H and O–H groups in total. The van der Waals surface area contributed by atoms with Gasteiger partial charge in [-0.25, -0.2) is 9.07 Å². The predicted octanol–water partition coefficient (Wildman–Crippen LogP) is 4.86. The zero-order chi connectivity index (χ0) is 24.8. The molecule has 0 bridgehead atoms. The lowest BCUT2D eigenvalue weighted by molar-refractivity contribution is -0.137. The summed E-state index contributed by atoms with van der Waals surface area (Å²) in [5.41, 5.74) is -0.731. The fourth-order valence-corrected chi connectivity index (χ4v) is 3.55. The third-order valence-corrected chi connectivity index (χ3v) is 5.49. The quantitative estimate of drug-likeness (QED) is 0.429. The maximum atomic E-state index is 14.3. The Morgan fingerprint density at radius 1 is 1.06 bits per heavy atom. The molecule has 2 aromatic carbocycles. The summed E-state index contributed by atoms with van der Waals surface area (Å²) >= 11 is 0. The molecule has 0 fully saturated rings. The number of hydrogen-bond donors (Lipinski definition) is 1. The van der Waals surface area contributed by atoms with Crippen LogP contribution in [0.2, 0.25) is 0 Å². The van der Waals surface area contributed by atoms with E-state index in [0.29, 0.717) is 11.3 Å². The Morgan fingerprint density at radius 2 is 1.71 bits per heavy atom. The molecular formula is C23H18F4N4O3. The van der Waals surface area contributed by atoms with Gasteiger partial charge in [0.15, 0.2) is 11.5 Å². The first kappa shape index (κ1) is 23.0. The lowest BCUT2D eigenvalue weighted by Gasteiger charge is -2.08. The first-order valence-corrected chi connectivity index (χ1v) is 9.99. The molecule has 176 valence electrons. The highest BCUT2D eigenvalue weighted by Crippen LogP contribution is 2.32. The van der Waals surface area contributed by atoms with Gasteiger partial charge >= 0.3 is 6.18 Å². The number of rotatable bonds is 4. The van der Waals surface area contributed by atoms with Crippen molar-refractivity contribution in [2.45, 2.75) is 20.0 Å². The van der Waals surface area contributed by atoms with Crippen LogP contribution in [0.5, 0.6) is 0 Å². The highest BCUT2D eigenvalue weighted by Gasteiger charge is 2.30. The lowest BCUT2D eigenvalue weighted by atomic mass is 10.1. The zero-order valence-electron chi connectivity index (χ0n) is 18.2. The van der Waals surface area contributed by atoms with Crippen LogP contribution in [0, 0.1) is 19.7 Å². The van der Waals surface area contributed by atoms with Crippen molar-refractivity contribution in [2.24, 2.45) is 7.05 Å². The number of aromatic nitrogens is 3. The van der Waals surface area contributed by atoms with E-state index >= 15 is 0 Å². The number of anilines is 1. The van der Waals surface area contributed by atoms with Gasteiger partial charge in [-0.3, -0.25) is 14.3 Å². The number of halogens is 4. The van der Waals surface area contributed by atoms with Gasteiger partial charge in [-0.05, 0) is 38.1 Å². The third-order valence-electron chi connectivity index (χ3n) is 5.49. The lowest BCUT2D eigenvalue weighted by Crippen LogP contribution is -2.24. The molecule has 1 amide bonds. The summed E-state index contributed by atoms with van der Waals surface area (Å²) in [6, 6.07) is 9.94. The van der Waals surface area contributed by atoms with Crippen molar-refractivity contribution in [3.63, 3.8) is 0 Å². The van der Waals surface area contributed by atoms with E-state index in [2.05, 4.69) is 10.5 Å². The van der Waals surface area contributed by atoms with Crippen LogP contribution in [0.4, 0.5) is 23.2 Å². The van der Waals surface area contributed by atoms with Crippen molar-refractivity contribution < 1.29 is 26.9 Å². The van der Waals surface area contributed by atoms with Crippen molar-refractivity contribution in [1.29, 1.82) is 0 Å². The van der Waals surface area contributed by atoms with Crippen LogP contribution in [0.3, 0.4) is 0 Å². The summed E-state index contributed by atoms with van der Waals surface area (Å²) in [6.07, 6.45) is -4.48. The molecule has 0 aliphatic rings. The van der Waals surface area contributed by atoms with Gasteiger partial charge in [0, 0.05) is 18.2 Å². The van der Waals surface area contributed by atoms with Crippen LogP contribution < -0.4 is 10.9 Å². The average Bonchev–Trinajstić information content (AvgIpc) is 3.27. The number of amides is 1. The van der Waals surface area contributed by atoms with Gasteiger partial charge in [0.05, 0.1) is 11.3 Å². The summed E-state index contributed by atoms with van der Waals surface area (Å²) in [4.78, 5) is 25.9. The van der Waals surface area contributed by atoms with Crippen molar-refractivity contribution >= 4 is 11.6 Å². The number of carbonyl (C=O) groups is 1. The molecule has 0 radical (unpaired) electrons. The van der Waals surface area contributed by atoms with Gasteiger partial charge < -0.3 is 9.84 Å². The van der Waals surface area contributed by atoms with Crippen molar-refractivity contribution in [1.82, 2.24) is 14.5 Å². The number of alkyl halides is 3. The number of para-hydroxylation sites is 1. The van der Waals surface area contributed by atoms with Gasteiger partial charge in [0.25, 0.3) is 11.5 Å². The van der Waals surface area contributed by atoms with E-state index in [1.54, 1.807) is 20.0 Å². The number of hydrogen-bond acceptors (Lipinski definition) is 4. The minimum absolute atomic E-state index is 0.0146. The summed E-state index contributed by atoms with van der Waals surface area (Å²) in [6.45, 7) is 3.10. The minimum atomic E-state index is -4.48. The molecule has 4 aromatic rings. The molecule has 0 aliphatic carbocycles. The fourth-order valence-electron chi connectivity index (χ4n) is 3.55. The molecule has 7 nitrogen and oxygen atoms in total. The third kappa shape index (κ3) is 3.89. The van der Waals surface area contributed by atoms with Crippen LogP contribution in [0.25, 0.3) is 17.0 Å². The van der Waals surface area contributed by atoms with Crippen molar-refractivity contribution in [3.05, 3.63) is 87.2 Å². The average molecular weight is 474 g/mol. The van der Waals surface area contributed by atoms with Gasteiger partial charge in [-0.2, -0.15) is 13.2 Å². The van der Waals surface area contributed by atoms with Crippen LogP contribution >= 0.6 is 0 Å². The SMILES string of the molecule is Cc1c(C(=O)Nc2c(C)n(C)n(-c3ccccc3F)c2=O)noc1-c1ccc(C(F)(F)F)cc1. The van der Waals surface area contributed by atoms with E-state index in [1.807, 2.05) is 0 Å². The normalized spacial score (nSPS) is 11.6. The van der Waals surface area contributed by atoms with E-state index in [9.17, 15) is 27.2 Å². The van der Waals surface area contributed by atoms with Crippen LogP contribution in [0.1, 0.15) is 27.3 Å². The van der Waals surface area contributed by atoms with Gasteiger partial charge in [-0.15, -0.1) is 0 Å². The highest BCUT2D eigenvalue weighted by atomic mass is 19.4. The van der Waals surface area contributed by atoms with Crippen molar-refractivity contribution in [2.75, 3.05) is 5.32 Å². The summed E-state index contributed by atoms with van der Waals surface area (Å²) < 4.78 is 60.4. The highest BCUT2D eigenvalue weighted by molar-refractivity contribution is 6.04. The maximum absolute atomic E-state index is 14.3. The summed E-state index contributed by atoms with van der Waals surface area (Å²) in [5, 5.41) is 6.23. The predicted molar refractivity (Wildman–Crippen MR) is 115 cm³/mol. The molecule has 2 heterocycles. The first-order chi connectivity index (χ1) is 16.0. The van der Waals surface area contributed by atoms with Gasteiger partial charge in [-0.1, -0.05) is 29.4 Å². The molecule has 0 spiro atoms. The topological polar surface area (TPSA) is 82.1 Å². The molecule has 2 aromatic heterocycles. The molecule has 0 atom stereocenters. The Labute approximate surface area is 190 Å². The molecule has 0 saturated carbocycles. The van der Waals surface area contributed by atoms with Crippen molar-refractivity contribution in [3.8, 4) is 17.0 Å². The Balaban J connectivity index is 1.65. The maximum Gasteiger partial charge on any atom is 0.416 e. The molecule has 11 heteroatoms. The summed E-state index contributed by atoms with van der Waals surface area (Å²) in [5.74, 6) is -1.25. The Bertz CT molecular complexity index is 1450. The number of nitrogens with one attached hydrogen (secondary N) is 1. The van der Waals surface area contributed by atoms with Gasteiger partial charge in [0.2, 0.25) is 0 Å². The smallest absolute Gasteiger partial charge is 0.355 e. The van der Waals surface area contributed by atoms with E-state index in [-0.39, 0.29) is 28.4 Å². The molecule has 0 saturated heterocycles. The summed E-state index contributed by atoms with van der Waals surface area (Å²) in [7, 11) is 1.54. The second-order valence-electron chi connectivity index (χ2n) is 7.57. The Hall–Kier alpha value is -4.15. The standard InChI is InChI=1S/C23H18F4N4O3/c1-12-18(29-34-20(12)14-8-10-15(11-9-14)23(25,26)27)21(32)28-19-13(2)30(3)31(22(19)33)17-7-5-4-6-16(17)24/h4-11H,1-3H3,(H,28,32). The monoisotopic (exact) mass is 474 g/mol. The van der Waals surface area contributed by atoms with Crippen LogP contribution in [-0.2, 0) is 13.2 Å². The van der Waals surface area contributed by atoms with Gasteiger partial charge in [0.1, 0.15) is 17.2 Å². The Morgan fingerprint density at radius 3 is 2.32 bits per heavy atom. The number of nitrogens with zero attached hydrogens (tertiary/aromatic N) is 3. The number of benzene rings is 2. The minimum Gasteiger partial charge on any atom is -0.355 e. The molecule has 0 unspecified atom stereocenters.